The summed E-state index contributed by atoms with van der Waals surface area (Å²) in [5, 5.41) is 0. The Morgan fingerprint density at radius 2 is 2.00 bits per heavy atom. The van der Waals surface area contributed by atoms with Gasteiger partial charge in [-0.2, -0.15) is 0 Å². The first-order chi connectivity index (χ1) is 2.27. The molecular formula is C2H7CaO2P. The van der Waals surface area contributed by atoms with Crippen LogP contribution < -0.4 is 0 Å². The first-order valence-electron chi connectivity index (χ1n) is 1.14. The molecule has 0 aliphatic rings. The van der Waals surface area contributed by atoms with Crippen LogP contribution in [-0.2, 0) is 9.32 Å². The molecule has 1 unspecified atom stereocenters. The molecule has 0 amide bonds. The normalized spacial score (nSPS) is 5.67. The van der Waals surface area contributed by atoms with Gasteiger partial charge in [-0.1, -0.05) is 0 Å². The van der Waals surface area contributed by atoms with Gasteiger partial charge in [-0.3, -0.25) is 4.79 Å². The predicted octanol–water partition coefficient (Wildman–Crippen LogP) is -0.577. The van der Waals surface area contributed by atoms with E-state index in [2.05, 4.69) is 4.52 Å². The maximum atomic E-state index is 9.57. The molecule has 6 heavy (non-hydrogen) atoms. The van der Waals surface area contributed by atoms with Crippen molar-refractivity contribution < 1.29 is 9.32 Å². The van der Waals surface area contributed by atoms with Gasteiger partial charge in [0.25, 0.3) is 0 Å². The van der Waals surface area contributed by atoms with Crippen LogP contribution in [0, 0.1) is 0 Å². The molecule has 34 valence electrons. The summed E-state index contributed by atoms with van der Waals surface area (Å²) in [5.41, 5.74) is 0. The van der Waals surface area contributed by atoms with Crippen molar-refractivity contribution in [2.45, 2.75) is 6.92 Å². The molecule has 4 heteroatoms. The second kappa shape index (κ2) is 6.16. The van der Waals surface area contributed by atoms with E-state index in [0.717, 1.165) is 0 Å². The van der Waals surface area contributed by atoms with Crippen LogP contribution in [0.15, 0.2) is 0 Å². The van der Waals surface area contributed by atoms with E-state index in [4.69, 9.17) is 0 Å². The van der Waals surface area contributed by atoms with E-state index in [1.807, 2.05) is 9.47 Å². The monoisotopic (exact) mass is 134 g/mol. The van der Waals surface area contributed by atoms with Gasteiger partial charge in [0.2, 0.25) is 0 Å². The molecule has 0 rings (SSSR count). The Balaban J connectivity index is 0. The zero-order chi connectivity index (χ0) is 4.28. The zero-order valence-electron chi connectivity index (χ0n) is 2.89. The second-order valence-electron chi connectivity index (χ2n) is 0.609. The molecule has 0 aliphatic heterocycles. The van der Waals surface area contributed by atoms with Crippen molar-refractivity contribution >= 4 is 53.2 Å². The third-order valence-corrected chi connectivity index (χ3v) is 0.498. The van der Waals surface area contributed by atoms with E-state index in [-0.39, 0.29) is 43.7 Å². The van der Waals surface area contributed by atoms with Crippen LogP contribution in [0.25, 0.3) is 0 Å². The van der Waals surface area contributed by atoms with Gasteiger partial charge in [-0.25, -0.2) is 0 Å². The summed E-state index contributed by atoms with van der Waals surface area (Å²) in [6.07, 6.45) is 0. The molecule has 0 saturated carbocycles. The molecule has 0 aromatic rings. The first kappa shape index (κ1) is 10.2. The van der Waals surface area contributed by atoms with E-state index in [9.17, 15) is 4.79 Å². The van der Waals surface area contributed by atoms with Gasteiger partial charge >= 0.3 is 43.7 Å². The van der Waals surface area contributed by atoms with Gasteiger partial charge in [0, 0.05) is 6.92 Å². The Labute approximate surface area is 68.9 Å². The predicted molar refractivity (Wildman–Crippen MR) is 30.0 cm³/mol. The van der Waals surface area contributed by atoms with E-state index in [0.29, 0.717) is 0 Å². The molecule has 1 atom stereocenters. The van der Waals surface area contributed by atoms with Gasteiger partial charge in [0.1, 0.15) is 0 Å². The summed E-state index contributed by atoms with van der Waals surface area (Å²) in [7, 11) is 1.84. The van der Waals surface area contributed by atoms with Crippen molar-refractivity contribution in [3.63, 3.8) is 0 Å². The van der Waals surface area contributed by atoms with Crippen LogP contribution in [0.1, 0.15) is 6.92 Å². The van der Waals surface area contributed by atoms with Crippen molar-refractivity contribution in [2.24, 2.45) is 0 Å². The molecule has 0 aromatic carbocycles. The molecule has 0 heterocycles. The standard InChI is InChI=1S/C2H5O2P.Ca.2H/c1-2(3)4-5;;;/h5H2,1H3;;;. The summed E-state index contributed by atoms with van der Waals surface area (Å²) in [6.45, 7) is 1.34. The summed E-state index contributed by atoms with van der Waals surface area (Å²) < 4.78 is 4.03. The number of rotatable bonds is 0. The summed E-state index contributed by atoms with van der Waals surface area (Å²) >= 11 is 0. The molecule has 0 aliphatic carbocycles. The third kappa shape index (κ3) is 8.94. The number of hydrogen-bond acceptors (Lipinski definition) is 2. The van der Waals surface area contributed by atoms with E-state index in [1.165, 1.54) is 6.92 Å². The molecule has 0 radical (unpaired) electrons. The second-order valence-corrected chi connectivity index (χ2v) is 0.845. The first-order valence-corrected chi connectivity index (χ1v) is 1.62. The number of hydrogen-bond donors (Lipinski definition) is 0. The molecule has 0 saturated heterocycles. The summed E-state index contributed by atoms with van der Waals surface area (Å²) in [6, 6.07) is 0. The van der Waals surface area contributed by atoms with Crippen LogP contribution >= 0.6 is 9.47 Å². The Kier molecular flexibility index (Phi) is 10.5. The number of carbonyl (C=O) groups is 1. The fraction of sp³-hybridized carbons (Fsp3) is 0.500. The SMILES string of the molecule is CC(=O)OP.[CaH2]. The molecular weight excluding hydrogens is 127 g/mol. The maximum absolute atomic E-state index is 9.57. The van der Waals surface area contributed by atoms with Gasteiger partial charge in [0.15, 0.2) is 0 Å². The number of carbonyl (C=O) groups excluding carboxylic acids is 1. The van der Waals surface area contributed by atoms with Crippen molar-refractivity contribution in [3.8, 4) is 0 Å². The fourth-order valence-corrected chi connectivity index (χ4v) is 0. The Hall–Kier alpha value is 1.16. The van der Waals surface area contributed by atoms with Crippen LogP contribution in [0.4, 0.5) is 0 Å². The minimum atomic E-state index is -0.282. The third-order valence-electron chi connectivity index (χ3n) is 0.166. The van der Waals surface area contributed by atoms with E-state index >= 15 is 0 Å². The van der Waals surface area contributed by atoms with Gasteiger partial charge in [-0.15, -0.1) is 0 Å². The van der Waals surface area contributed by atoms with Crippen molar-refractivity contribution in [1.82, 2.24) is 0 Å². The molecule has 2 nitrogen and oxygen atoms in total. The molecule has 0 N–H and O–H groups in total. The summed E-state index contributed by atoms with van der Waals surface area (Å²) in [4.78, 5) is 9.57. The molecule has 0 aromatic heterocycles. The minimum absolute atomic E-state index is 0. The van der Waals surface area contributed by atoms with Crippen molar-refractivity contribution in [1.29, 1.82) is 0 Å². The van der Waals surface area contributed by atoms with Crippen molar-refractivity contribution in [2.75, 3.05) is 0 Å². The Morgan fingerprint density at radius 3 is 2.00 bits per heavy atom. The average Bonchev–Trinajstić information content (AvgIpc) is 1.38. The van der Waals surface area contributed by atoms with Crippen LogP contribution in [-0.4, -0.2) is 43.7 Å². The molecule has 0 fully saturated rings. The van der Waals surface area contributed by atoms with Gasteiger partial charge in [-0.05, 0) is 0 Å². The Morgan fingerprint density at radius 1 is 1.83 bits per heavy atom. The average molecular weight is 134 g/mol. The fourth-order valence-electron chi connectivity index (χ4n) is 0. The van der Waals surface area contributed by atoms with Gasteiger partial charge < -0.3 is 4.52 Å². The van der Waals surface area contributed by atoms with Gasteiger partial charge in [0.05, 0.1) is 9.47 Å². The van der Waals surface area contributed by atoms with E-state index in [1.54, 1.807) is 0 Å². The van der Waals surface area contributed by atoms with Crippen LogP contribution in [0.5, 0.6) is 0 Å². The summed E-state index contributed by atoms with van der Waals surface area (Å²) in [5.74, 6) is -0.282. The van der Waals surface area contributed by atoms with Crippen LogP contribution in [0.3, 0.4) is 0 Å². The topological polar surface area (TPSA) is 26.3 Å². The van der Waals surface area contributed by atoms with Crippen molar-refractivity contribution in [3.05, 3.63) is 0 Å². The van der Waals surface area contributed by atoms with E-state index < -0.39 is 0 Å². The molecule has 0 bridgehead atoms. The van der Waals surface area contributed by atoms with Crippen LogP contribution in [0.2, 0.25) is 0 Å². The molecule has 0 spiro atoms. The Bertz CT molecular complexity index is 46.8. The quantitative estimate of drug-likeness (QED) is 0.327. The zero-order valence-corrected chi connectivity index (χ0v) is 4.05.